The zero-order valence-electron chi connectivity index (χ0n) is 12.4. The molecule has 0 aliphatic carbocycles. The molecule has 1 heterocycles. The van der Waals surface area contributed by atoms with E-state index < -0.39 is 23.1 Å². The van der Waals surface area contributed by atoms with Crippen LogP contribution in [-0.2, 0) is 0 Å². The van der Waals surface area contributed by atoms with Gasteiger partial charge in [0.1, 0.15) is 17.2 Å². The molecule has 1 aromatic heterocycles. The Morgan fingerprint density at radius 1 is 1.10 bits per heavy atom. The molecule has 6 heteroatoms. The third-order valence-electron chi connectivity index (χ3n) is 2.59. The average molecular weight is 293 g/mol. The minimum Gasteiger partial charge on any atom is -0.355 e. The Bertz CT molecular complexity index is 604. The summed E-state index contributed by atoms with van der Waals surface area (Å²) in [4.78, 5) is 11.3. The van der Waals surface area contributed by atoms with Crippen LogP contribution in [0.5, 0.6) is 0 Å². The van der Waals surface area contributed by atoms with Crippen LogP contribution in [-0.4, -0.2) is 23.2 Å². The van der Waals surface area contributed by atoms with Crippen molar-refractivity contribution in [2.75, 3.05) is 7.05 Å². The highest BCUT2D eigenvalue weighted by atomic mass is 19.1. The number of nitrogens with one attached hydrogen (secondary N) is 1. The number of carbonyl (C=O) groups excluding carboxylic acids is 1. The highest BCUT2D eigenvalue weighted by molar-refractivity contribution is 5.95. The fourth-order valence-corrected chi connectivity index (χ4v) is 1.62. The van der Waals surface area contributed by atoms with Crippen molar-refractivity contribution >= 4 is 5.91 Å². The highest BCUT2D eigenvalue weighted by Crippen LogP contribution is 2.22. The molecule has 0 atom stereocenters. The van der Waals surface area contributed by atoms with Crippen molar-refractivity contribution in [1.29, 1.82) is 0 Å². The van der Waals surface area contributed by atoms with E-state index in [0.717, 1.165) is 12.1 Å². The third-order valence-corrected chi connectivity index (χ3v) is 2.59. The van der Waals surface area contributed by atoms with Gasteiger partial charge in [0.15, 0.2) is 0 Å². The van der Waals surface area contributed by atoms with Crippen LogP contribution in [0.3, 0.4) is 0 Å². The van der Waals surface area contributed by atoms with Gasteiger partial charge < -0.3 is 5.32 Å². The molecule has 0 aliphatic rings. The Morgan fingerprint density at radius 3 is 2.10 bits per heavy atom. The highest BCUT2D eigenvalue weighted by Gasteiger charge is 2.18. The zero-order valence-corrected chi connectivity index (χ0v) is 12.4. The zero-order chi connectivity index (χ0) is 16.0. The SMILES string of the molecule is CC.CNC(=O)c1c(F)cc(-c2ccc(C)nn2)cc1F. The molecular weight excluding hydrogens is 276 g/mol. The van der Waals surface area contributed by atoms with Gasteiger partial charge in [-0.3, -0.25) is 4.79 Å². The van der Waals surface area contributed by atoms with Crippen molar-refractivity contribution in [1.82, 2.24) is 15.5 Å². The van der Waals surface area contributed by atoms with E-state index in [1.54, 1.807) is 19.1 Å². The Morgan fingerprint density at radius 2 is 1.67 bits per heavy atom. The summed E-state index contributed by atoms with van der Waals surface area (Å²) in [5, 5.41) is 9.84. The lowest BCUT2D eigenvalue weighted by atomic mass is 10.1. The minimum absolute atomic E-state index is 0.232. The third kappa shape index (κ3) is 3.81. The van der Waals surface area contributed by atoms with E-state index in [2.05, 4.69) is 15.5 Å². The summed E-state index contributed by atoms with van der Waals surface area (Å²) >= 11 is 0. The second kappa shape index (κ2) is 7.42. The predicted octanol–water partition coefficient (Wildman–Crippen LogP) is 3.12. The van der Waals surface area contributed by atoms with Gasteiger partial charge in [0.25, 0.3) is 5.91 Å². The molecule has 1 amide bonds. The number of amides is 1. The van der Waals surface area contributed by atoms with Gasteiger partial charge in [-0.2, -0.15) is 10.2 Å². The number of nitrogens with zero attached hydrogens (tertiary/aromatic N) is 2. The van der Waals surface area contributed by atoms with Gasteiger partial charge in [-0.05, 0) is 31.2 Å². The summed E-state index contributed by atoms with van der Waals surface area (Å²) in [5.41, 5.74) is 0.667. The number of hydrogen-bond donors (Lipinski definition) is 1. The molecule has 0 fully saturated rings. The smallest absolute Gasteiger partial charge is 0.256 e. The van der Waals surface area contributed by atoms with Crippen LogP contribution >= 0.6 is 0 Å². The molecule has 21 heavy (non-hydrogen) atoms. The maximum atomic E-state index is 13.8. The normalized spacial score (nSPS) is 9.62. The van der Waals surface area contributed by atoms with Crippen molar-refractivity contribution < 1.29 is 13.6 Å². The van der Waals surface area contributed by atoms with E-state index in [-0.39, 0.29) is 5.56 Å². The van der Waals surface area contributed by atoms with Crippen molar-refractivity contribution in [3.8, 4) is 11.3 Å². The molecular formula is C15H17F2N3O. The summed E-state index contributed by atoms with van der Waals surface area (Å²) in [6, 6.07) is 5.42. The van der Waals surface area contributed by atoms with Crippen molar-refractivity contribution in [3.05, 3.63) is 47.2 Å². The fraction of sp³-hybridized carbons (Fsp3) is 0.267. The molecule has 1 aromatic carbocycles. The van der Waals surface area contributed by atoms with Gasteiger partial charge in [-0.1, -0.05) is 13.8 Å². The number of aromatic nitrogens is 2. The predicted molar refractivity (Wildman–Crippen MR) is 76.9 cm³/mol. The maximum Gasteiger partial charge on any atom is 0.256 e. The van der Waals surface area contributed by atoms with Gasteiger partial charge in [-0.15, -0.1) is 0 Å². The number of hydrogen-bond acceptors (Lipinski definition) is 3. The Labute approximate surface area is 122 Å². The molecule has 0 bridgehead atoms. The molecule has 0 unspecified atom stereocenters. The number of aryl methyl sites for hydroxylation is 1. The second-order valence-electron chi connectivity index (χ2n) is 3.95. The summed E-state index contributed by atoms with van der Waals surface area (Å²) in [7, 11) is 1.31. The van der Waals surface area contributed by atoms with Crippen LogP contribution < -0.4 is 5.32 Å². The molecule has 2 aromatic rings. The fourth-order valence-electron chi connectivity index (χ4n) is 1.62. The maximum absolute atomic E-state index is 13.8. The first-order chi connectivity index (χ1) is 10.0. The van der Waals surface area contributed by atoms with E-state index in [9.17, 15) is 13.6 Å². The standard InChI is InChI=1S/C13H11F2N3O.C2H6/c1-7-3-4-11(18-17-7)8-5-9(14)12(10(15)6-8)13(19)16-2;1-2/h3-6H,1-2H3,(H,16,19);1-2H3. The van der Waals surface area contributed by atoms with Gasteiger partial charge in [0.2, 0.25) is 0 Å². The monoisotopic (exact) mass is 293 g/mol. The van der Waals surface area contributed by atoms with Crippen LogP contribution in [0.1, 0.15) is 29.9 Å². The van der Waals surface area contributed by atoms with Crippen molar-refractivity contribution in [2.45, 2.75) is 20.8 Å². The first-order valence-corrected chi connectivity index (χ1v) is 6.54. The van der Waals surface area contributed by atoms with Gasteiger partial charge >= 0.3 is 0 Å². The second-order valence-corrected chi connectivity index (χ2v) is 3.95. The van der Waals surface area contributed by atoms with Gasteiger partial charge in [0, 0.05) is 12.6 Å². The topological polar surface area (TPSA) is 54.9 Å². The molecule has 0 radical (unpaired) electrons. The molecule has 1 N–H and O–H groups in total. The lowest BCUT2D eigenvalue weighted by Gasteiger charge is -2.06. The first kappa shape index (κ1) is 16.7. The number of halogens is 2. The summed E-state index contributed by atoms with van der Waals surface area (Å²) in [5.74, 6) is -2.68. The number of carbonyl (C=O) groups is 1. The molecule has 2 rings (SSSR count). The lowest BCUT2D eigenvalue weighted by molar-refractivity contribution is 0.0955. The molecule has 0 saturated heterocycles. The molecule has 0 saturated carbocycles. The average Bonchev–Trinajstić information content (AvgIpc) is 2.49. The summed E-state index contributed by atoms with van der Waals surface area (Å²) < 4.78 is 27.5. The number of benzene rings is 1. The molecule has 4 nitrogen and oxygen atoms in total. The molecule has 0 aliphatic heterocycles. The Balaban J connectivity index is 0.00000106. The van der Waals surface area contributed by atoms with Crippen LogP contribution in [0.2, 0.25) is 0 Å². The quantitative estimate of drug-likeness (QED) is 0.925. The van der Waals surface area contributed by atoms with E-state index in [4.69, 9.17) is 0 Å². The molecule has 112 valence electrons. The summed E-state index contributed by atoms with van der Waals surface area (Å²) in [6.07, 6.45) is 0. The first-order valence-electron chi connectivity index (χ1n) is 6.54. The van der Waals surface area contributed by atoms with Gasteiger partial charge in [0.05, 0.1) is 11.4 Å². The van der Waals surface area contributed by atoms with Crippen LogP contribution in [0.15, 0.2) is 24.3 Å². The van der Waals surface area contributed by atoms with Gasteiger partial charge in [-0.25, -0.2) is 8.78 Å². The minimum atomic E-state index is -0.934. The van der Waals surface area contributed by atoms with E-state index >= 15 is 0 Å². The van der Waals surface area contributed by atoms with E-state index in [0.29, 0.717) is 11.4 Å². The van der Waals surface area contributed by atoms with Crippen LogP contribution in [0, 0.1) is 18.6 Å². The Kier molecular flexibility index (Phi) is 5.90. The van der Waals surface area contributed by atoms with Crippen LogP contribution in [0.25, 0.3) is 11.3 Å². The Hall–Kier alpha value is -2.37. The summed E-state index contributed by atoms with van der Waals surface area (Å²) in [6.45, 7) is 5.76. The van der Waals surface area contributed by atoms with Crippen LogP contribution in [0.4, 0.5) is 8.78 Å². The largest absolute Gasteiger partial charge is 0.355 e. The van der Waals surface area contributed by atoms with Crippen molar-refractivity contribution in [3.63, 3.8) is 0 Å². The molecule has 0 spiro atoms. The lowest BCUT2D eigenvalue weighted by Crippen LogP contribution is -2.21. The number of rotatable bonds is 2. The van der Waals surface area contributed by atoms with Crippen molar-refractivity contribution in [2.24, 2.45) is 0 Å². The van der Waals surface area contributed by atoms with E-state index in [1.165, 1.54) is 7.05 Å². The van der Waals surface area contributed by atoms with E-state index in [1.807, 2.05) is 13.8 Å².